The molecule has 0 atom stereocenters. The summed E-state index contributed by atoms with van der Waals surface area (Å²) in [5, 5.41) is 0. The van der Waals surface area contributed by atoms with Gasteiger partial charge in [-0.2, -0.15) is 0 Å². The van der Waals surface area contributed by atoms with Crippen LogP contribution in [0.1, 0.15) is 65.7 Å². The van der Waals surface area contributed by atoms with Gasteiger partial charge in [0.15, 0.2) is 5.69 Å². The maximum Gasteiger partial charge on any atom is 0.330 e. The summed E-state index contributed by atoms with van der Waals surface area (Å²) < 4.78 is 1.37. The minimum atomic E-state index is -0.576. The Balaban J connectivity index is 2.48. The molecule has 1 aliphatic carbocycles. The topological polar surface area (TPSA) is 101 Å². The van der Waals surface area contributed by atoms with Crippen molar-refractivity contribution in [1.29, 1.82) is 0 Å². The molecule has 0 saturated heterocycles. The summed E-state index contributed by atoms with van der Waals surface area (Å²) in [5.74, 6) is 0.176. The van der Waals surface area contributed by atoms with Gasteiger partial charge in [0.05, 0.1) is 0 Å². The zero-order chi connectivity index (χ0) is 19.3. The van der Waals surface area contributed by atoms with Crippen LogP contribution in [0, 0.1) is 11.8 Å². The van der Waals surface area contributed by atoms with Gasteiger partial charge in [-0.15, -0.1) is 0 Å². The van der Waals surface area contributed by atoms with E-state index in [9.17, 15) is 14.4 Å². The average molecular weight is 364 g/mol. The number of rotatable bonds is 7. The standard InChI is InChI=1S/C19H32N4O3/c1-4-5-11-22(18(25)14-9-7-6-8-10-14)15-16(20)23(12-13(2)3)19(26)21-17(15)24/h13-14H,4-12,20H2,1-3H3,(H,21,24,26). The Kier molecular flexibility index (Phi) is 7.06. The normalized spacial score (nSPS) is 15.4. The molecule has 1 aromatic rings. The van der Waals surface area contributed by atoms with Crippen molar-refractivity contribution >= 4 is 17.4 Å². The van der Waals surface area contributed by atoms with Crippen molar-refractivity contribution in [3.63, 3.8) is 0 Å². The second kappa shape index (κ2) is 9.05. The van der Waals surface area contributed by atoms with Crippen LogP contribution in [0.3, 0.4) is 0 Å². The van der Waals surface area contributed by atoms with E-state index < -0.39 is 11.2 Å². The first kappa shape index (κ1) is 20.3. The van der Waals surface area contributed by atoms with Gasteiger partial charge in [0, 0.05) is 19.0 Å². The lowest BCUT2D eigenvalue weighted by Gasteiger charge is -2.30. The molecule has 1 aliphatic rings. The lowest BCUT2D eigenvalue weighted by molar-refractivity contribution is -0.123. The fourth-order valence-electron chi connectivity index (χ4n) is 3.60. The minimum absolute atomic E-state index is 0.0369. The monoisotopic (exact) mass is 364 g/mol. The number of aromatic nitrogens is 2. The van der Waals surface area contributed by atoms with Crippen LogP contribution in [0.25, 0.3) is 0 Å². The van der Waals surface area contributed by atoms with Gasteiger partial charge in [0.2, 0.25) is 5.91 Å². The molecule has 0 aromatic carbocycles. The van der Waals surface area contributed by atoms with Crippen molar-refractivity contribution in [2.45, 2.75) is 72.3 Å². The average Bonchev–Trinajstić information content (AvgIpc) is 2.61. The van der Waals surface area contributed by atoms with Crippen molar-refractivity contribution in [3.05, 3.63) is 20.8 Å². The highest BCUT2D eigenvalue weighted by atomic mass is 16.2. The Labute approximate surface area is 154 Å². The zero-order valence-corrected chi connectivity index (χ0v) is 16.2. The summed E-state index contributed by atoms with van der Waals surface area (Å²) in [4.78, 5) is 41.8. The van der Waals surface area contributed by atoms with E-state index in [1.165, 1.54) is 9.47 Å². The highest BCUT2D eigenvalue weighted by Gasteiger charge is 2.30. The van der Waals surface area contributed by atoms with Gasteiger partial charge >= 0.3 is 5.69 Å². The van der Waals surface area contributed by atoms with Crippen molar-refractivity contribution in [2.24, 2.45) is 11.8 Å². The number of nitrogens with two attached hydrogens (primary N) is 1. The molecular formula is C19H32N4O3. The molecular weight excluding hydrogens is 332 g/mol. The largest absolute Gasteiger partial charge is 0.383 e. The predicted molar refractivity (Wildman–Crippen MR) is 104 cm³/mol. The van der Waals surface area contributed by atoms with Gasteiger partial charge in [0.1, 0.15) is 5.82 Å². The second-order valence-electron chi connectivity index (χ2n) is 7.68. The highest BCUT2D eigenvalue weighted by Crippen LogP contribution is 2.28. The summed E-state index contributed by atoms with van der Waals surface area (Å²) in [5.41, 5.74) is 5.26. The molecule has 0 aliphatic heterocycles. The fourth-order valence-corrected chi connectivity index (χ4v) is 3.60. The van der Waals surface area contributed by atoms with E-state index in [0.29, 0.717) is 13.1 Å². The smallest absolute Gasteiger partial charge is 0.330 e. The maximum absolute atomic E-state index is 13.2. The van der Waals surface area contributed by atoms with Gasteiger partial charge in [0.25, 0.3) is 5.56 Å². The molecule has 1 saturated carbocycles. The Bertz CT molecular complexity index is 729. The maximum atomic E-state index is 13.2. The number of aromatic amines is 1. The first-order valence-electron chi connectivity index (χ1n) is 9.80. The Morgan fingerprint density at radius 2 is 1.92 bits per heavy atom. The van der Waals surface area contributed by atoms with E-state index in [4.69, 9.17) is 5.73 Å². The van der Waals surface area contributed by atoms with Gasteiger partial charge in [-0.25, -0.2) is 4.79 Å². The summed E-state index contributed by atoms with van der Waals surface area (Å²) in [6, 6.07) is 0. The van der Waals surface area contributed by atoms with E-state index >= 15 is 0 Å². The van der Waals surface area contributed by atoms with E-state index in [1.54, 1.807) is 0 Å². The van der Waals surface area contributed by atoms with Crippen LogP contribution in [0.4, 0.5) is 11.5 Å². The summed E-state index contributed by atoms with van der Waals surface area (Å²) in [6.07, 6.45) is 6.61. The molecule has 0 radical (unpaired) electrons. The summed E-state index contributed by atoms with van der Waals surface area (Å²) >= 11 is 0. The molecule has 0 spiro atoms. The molecule has 0 bridgehead atoms. The number of hydrogen-bond acceptors (Lipinski definition) is 4. The fraction of sp³-hybridized carbons (Fsp3) is 0.737. The number of hydrogen-bond donors (Lipinski definition) is 2. The molecule has 1 heterocycles. The molecule has 7 nitrogen and oxygen atoms in total. The lowest BCUT2D eigenvalue weighted by atomic mass is 9.88. The van der Waals surface area contributed by atoms with E-state index in [-0.39, 0.29) is 29.2 Å². The Morgan fingerprint density at radius 3 is 2.50 bits per heavy atom. The Morgan fingerprint density at radius 1 is 1.27 bits per heavy atom. The predicted octanol–water partition coefficient (Wildman–Crippen LogP) is 2.49. The lowest BCUT2D eigenvalue weighted by Crippen LogP contribution is -2.44. The van der Waals surface area contributed by atoms with Crippen molar-refractivity contribution in [2.75, 3.05) is 17.2 Å². The number of nitrogens with one attached hydrogen (secondary N) is 1. The number of anilines is 2. The first-order valence-corrected chi connectivity index (χ1v) is 9.80. The number of nitrogen functional groups attached to an aromatic ring is 1. The third-order valence-electron chi connectivity index (χ3n) is 4.99. The van der Waals surface area contributed by atoms with Crippen LogP contribution in [0.15, 0.2) is 9.59 Å². The number of nitrogens with zero attached hydrogens (tertiary/aromatic N) is 2. The molecule has 1 amide bonds. The van der Waals surface area contributed by atoms with Gasteiger partial charge < -0.3 is 10.6 Å². The Hall–Kier alpha value is -2.05. The number of H-pyrrole nitrogens is 1. The summed E-state index contributed by atoms with van der Waals surface area (Å²) in [6.45, 7) is 6.82. The van der Waals surface area contributed by atoms with Crippen LogP contribution >= 0.6 is 0 Å². The summed E-state index contributed by atoms with van der Waals surface area (Å²) in [7, 11) is 0. The zero-order valence-electron chi connectivity index (χ0n) is 16.2. The third-order valence-corrected chi connectivity index (χ3v) is 4.99. The van der Waals surface area contributed by atoms with Gasteiger partial charge in [-0.1, -0.05) is 46.5 Å². The van der Waals surface area contributed by atoms with E-state index in [0.717, 1.165) is 44.9 Å². The van der Waals surface area contributed by atoms with Crippen LogP contribution in [-0.4, -0.2) is 22.0 Å². The van der Waals surface area contributed by atoms with Gasteiger partial charge in [-0.05, 0) is 25.2 Å². The molecule has 0 unspecified atom stereocenters. The molecule has 146 valence electrons. The number of amides is 1. The number of unbranched alkanes of at least 4 members (excludes halogenated alkanes) is 1. The third kappa shape index (κ3) is 4.56. The number of carbonyl (C=O) groups is 1. The molecule has 3 N–H and O–H groups in total. The van der Waals surface area contributed by atoms with Crippen LogP contribution < -0.4 is 21.9 Å². The molecule has 1 aromatic heterocycles. The van der Waals surface area contributed by atoms with Crippen molar-refractivity contribution in [3.8, 4) is 0 Å². The quantitative estimate of drug-likeness (QED) is 0.776. The van der Waals surface area contributed by atoms with Crippen LogP contribution in [-0.2, 0) is 11.3 Å². The first-order chi connectivity index (χ1) is 12.4. The molecule has 7 heteroatoms. The minimum Gasteiger partial charge on any atom is -0.383 e. The van der Waals surface area contributed by atoms with Crippen molar-refractivity contribution in [1.82, 2.24) is 9.55 Å². The van der Waals surface area contributed by atoms with Crippen LogP contribution in [0.2, 0.25) is 0 Å². The molecule has 26 heavy (non-hydrogen) atoms. The SMILES string of the molecule is CCCCN(C(=O)C1CCCCC1)c1c(N)n(CC(C)C)c(=O)[nH]c1=O. The van der Waals surface area contributed by atoms with Crippen molar-refractivity contribution < 1.29 is 4.79 Å². The molecule has 1 fully saturated rings. The van der Waals surface area contributed by atoms with Crippen LogP contribution in [0.5, 0.6) is 0 Å². The molecule has 2 rings (SSSR count). The highest BCUT2D eigenvalue weighted by molar-refractivity contribution is 5.97. The number of carbonyl (C=O) groups excluding carboxylic acids is 1. The van der Waals surface area contributed by atoms with E-state index in [2.05, 4.69) is 4.98 Å². The van der Waals surface area contributed by atoms with Gasteiger partial charge in [-0.3, -0.25) is 19.1 Å². The second-order valence-corrected chi connectivity index (χ2v) is 7.68. The van der Waals surface area contributed by atoms with E-state index in [1.807, 2.05) is 20.8 Å².